The fourth-order valence-corrected chi connectivity index (χ4v) is 3.92. The van der Waals surface area contributed by atoms with Crippen LogP contribution in [0.5, 0.6) is 0 Å². The number of nitrogens with one attached hydrogen (secondary N) is 2. The van der Waals surface area contributed by atoms with E-state index in [1.165, 1.54) is 64.2 Å². The third-order valence-corrected chi connectivity index (χ3v) is 6.20. The standard InChI is InChI=1S/C27H52N3O3/c1-4-5-6-7-8-9-10-11-12-13-14-15-16-20-26(32)29-24(19-17-18-21-28)27(33)30-25(22-31)23(2)3/h23-25H,4-21,28H2,1-3H3,(H,29,32)(H,30,33)/t24-,25+/m0/s1. The molecule has 0 bridgehead atoms. The highest BCUT2D eigenvalue weighted by Crippen LogP contribution is 2.13. The van der Waals surface area contributed by atoms with E-state index in [1.807, 2.05) is 20.1 Å². The first-order chi connectivity index (χ1) is 16.0. The van der Waals surface area contributed by atoms with Crippen LogP contribution in [-0.2, 0) is 14.4 Å². The van der Waals surface area contributed by atoms with Gasteiger partial charge >= 0.3 is 0 Å². The third-order valence-electron chi connectivity index (χ3n) is 6.20. The van der Waals surface area contributed by atoms with Crippen LogP contribution in [0, 0.1) is 5.92 Å². The molecule has 1 radical (unpaired) electrons. The van der Waals surface area contributed by atoms with Crippen molar-refractivity contribution in [2.24, 2.45) is 11.7 Å². The van der Waals surface area contributed by atoms with Crippen molar-refractivity contribution in [3.8, 4) is 0 Å². The molecule has 0 saturated heterocycles. The van der Waals surface area contributed by atoms with Crippen molar-refractivity contribution in [2.75, 3.05) is 6.54 Å². The lowest BCUT2D eigenvalue weighted by Crippen LogP contribution is -2.51. The Labute approximate surface area is 203 Å². The van der Waals surface area contributed by atoms with Gasteiger partial charge in [0.25, 0.3) is 0 Å². The normalized spacial score (nSPS) is 13.0. The molecule has 0 fully saturated rings. The van der Waals surface area contributed by atoms with Crippen LogP contribution in [0.2, 0.25) is 0 Å². The van der Waals surface area contributed by atoms with Crippen molar-refractivity contribution in [2.45, 2.75) is 142 Å². The van der Waals surface area contributed by atoms with E-state index < -0.39 is 12.1 Å². The minimum Gasteiger partial charge on any atom is -0.344 e. The Hall–Kier alpha value is -1.43. The largest absolute Gasteiger partial charge is 0.344 e. The molecule has 193 valence electrons. The van der Waals surface area contributed by atoms with Crippen molar-refractivity contribution in [3.05, 3.63) is 0 Å². The van der Waals surface area contributed by atoms with Crippen LogP contribution in [0.15, 0.2) is 0 Å². The van der Waals surface area contributed by atoms with Gasteiger partial charge in [0, 0.05) is 6.42 Å². The first kappa shape index (κ1) is 31.6. The van der Waals surface area contributed by atoms with Crippen molar-refractivity contribution in [3.63, 3.8) is 0 Å². The summed E-state index contributed by atoms with van der Waals surface area (Å²) in [6, 6.07) is -1.28. The van der Waals surface area contributed by atoms with Crippen LogP contribution in [0.25, 0.3) is 0 Å². The molecular weight excluding hydrogens is 414 g/mol. The minimum absolute atomic E-state index is 0.0439. The fraction of sp³-hybridized carbons (Fsp3) is 0.889. The summed E-state index contributed by atoms with van der Waals surface area (Å²) in [5, 5.41) is 5.57. The van der Waals surface area contributed by atoms with Gasteiger partial charge in [0.1, 0.15) is 6.04 Å². The zero-order valence-corrected chi connectivity index (χ0v) is 21.8. The lowest BCUT2D eigenvalue weighted by molar-refractivity contribution is -0.129. The first-order valence-electron chi connectivity index (χ1n) is 13.6. The number of amides is 2. The summed E-state index contributed by atoms with van der Waals surface area (Å²) in [4.78, 5) is 36.1. The molecule has 0 heterocycles. The zero-order chi connectivity index (χ0) is 24.7. The predicted molar refractivity (Wildman–Crippen MR) is 138 cm³/mol. The Kier molecular flexibility index (Phi) is 21.4. The lowest BCUT2D eigenvalue weighted by Gasteiger charge is -2.22. The highest BCUT2D eigenvalue weighted by molar-refractivity contribution is 5.89. The van der Waals surface area contributed by atoms with Gasteiger partial charge in [0.05, 0.1) is 6.04 Å². The van der Waals surface area contributed by atoms with Gasteiger partial charge in [-0.15, -0.1) is 0 Å². The number of unbranched alkanes of at least 4 members (excludes halogenated alkanes) is 13. The van der Waals surface area contributed by atoms with E-state index in [2.05, 4.69) is 17.6 Å². The maximum absolute atomic E-state index is 12.6. The summed E-state index contributed by atoms with van der Waals surface area (Å²) < 4.78 is 0. The fourth-order valence-electron chi connectivity index (χ4n) is 3.92. The summed E-state index contributed by atoms with van der Waals surface area (Å²) in [5.74, 6) is -0.451. The zero-order valence-electron chi connectivity index (χ0n) is 21.8. The van der Waals surface area contributed by atoms with Crippen molar-refractivity contribution in [1.29, 1.82) is 0 Å². The van der Waals surface area contributed by atoms with Gasteiger partial charge in [-0.2, -0.15) is 0 Å². The summed E-state index contributed by atoms with van der Waals surface area (Å²) in [6.45, 7) is 6.52. The Bertz CT molecular complexity index is 497. The topological polar surface area (TPSA) is 101 Å². The summed E-state index contributed by atoms with van der Waals surface area (Å²) in [5.41, 5.74) is 5.56. The molecule has 0 spiro atoms. The monoisotopic (exact) mass is 466 g/mol. The first-order valence-corrected chi connectivity index (χ1v) is 13.6. The SMILES string of the molecule is CCCCCCCCCCCCCCCC(=O)N[C@@H](CCCCN)C(=O)N[C@H]([C]=O)C(C)C. The highest BCUT2D eigenvalue weighted by atomic mass is 16.2. The van der Waals surface area contributed by atoms with Crippen molar-refractivity contribution in [1.82, 2.24) is 10.6 Å². The van der Waals surface area contributed by atoms with Gasteiger partial charge in [0.15, 0.2) is 0 Å². The number of rotatable bonds is 23. The van der Waals surface area contributed by atoms with E-state index in [0.29, 0.717) is 19.4 Å². The lowest BCUT2D eigenvalue weighted by atomic mass is 10.0. The Morgan fingerprint density at radius 1 is 0.758 bits per heavy atom. The molecule has 0 rings (SSSR count). The number of nitrogens with two attached hydrogens (primary N) is 1. The highest BCUT2D eigenvalue weighted by Gasteiger charge is 2.24. The van der Waals surface area contributed by atoms with Crippen LogP contribution in [0.3, 0.4) is 0 Å². The molecule has 0 aliphatic heterocycles. The molecule has 0 aromatic heterocycles. The van der Waals surface area contributed by atoms with Gasteiger partial charge in [-0.25, -0.2) is 0 Å². The van der Waals surface area contributed by atoms with E-state index in [0.717, 1.165) is 32.1 Å². The van der Waals surface area contributed by atoms with E-state index in [4.69, 9.17) is 5.73 Å². The minimum atomic E-state index is -0.660. The van der Waals surface area contributed by atoms with E-state index in [1.54, 1.807) is 0 Å². The van der Waals surface area contributed by atoms with Crippen LogP contribution >= 0.6 is 0 Å². The van der Waals surface area contributed by atoms with E-state index >= 15 is 0 Å². The maximum Gasteiger partial charge on any atom is 0.243 e. The van der Waals surface area contributed by atoms with Crippen molar-refractivity contribution >= 4 is 18.1 Å². The quantitative estimate of drug-likeness (QED) is 0.177. The average molecular weight is 467 g/mol. The summed E-state index contributed by atoms with van der Waals surface area (Å²) in [7, 11) is 0. The smallest absolute Gasteiger partial charge is 0.243 e. The molecule has 33 heavy (non-hydrogen) atoms. The van der Waals surface area contributed by atoms with Gasteiger partial charge in [-0.3, -0.25) is 14.4 Å². The average Bonchev–Trinajstić information content (AvgIpc) is 2.79. The van der Waals surface area contributed by atoms with Crippen LogP contribution in [0.1, 0.15) is 130 Å². The van der Waals surface area contributed by atoms with Gasteiger partial charge in [0.2, 0.25) is 18.1 Å². The van der Waals surface area contributed by atoms with E-state index in [9.17, 15) is 14.4 Å². The van der Waals surface area contributed by atoms with Crippen LogP contribution in [-0.4, -0.2) is 36.7 Å². The molecule has 0 aliphatic carbocycles. The summed E-state index contributed by atoms with van der Waals surface area (Å²) >= 11 is 0. The molecular formula is C27H52N3O3. The second kappa shape index (κ2) is 22.4. The molecule has 0 aliphatic rings. The molecule has 0 saturated carbocycles. The van der Waals surface area contributed by atoms with Gasteiger partial charge in [-0.05, 0) is 38.1 Å². The number of hydrogen-bond donors (Lipinski definition) is 3. The van der Waals surface area contributed by atoms with Gasteiger partial charge in [-0.1, -0.05) is 97.8 Å². The second-order valence-electron chi connectivity index (χ2n) is 9.75. The molecule has 0 aromatic rings. The third kappa shape index (κ3) is 18.7. The Balaban J connectivity index is 4.02. The maximum atomic E-state index is 12.6. The van der Waals surface area contributed by atoms with Crippen molar-refractivity contribution < 1.29 is 14.4 Å². The second-order valence-corrected chi connectivity index (χ2v) is 9.75. The van der Waals surface area contributed by atoms with Crippen LogP contribution in [0.4, 0.5) is 0 Å². The van der Waals surface area contributed by atoms with Crippen LogP contribution < -0.4 is 16.4 Å². The molecule has 6 heteroatoms. The molecule has 4 N–H and O–H groups in total. The molecule has 2 atom stereocenters. The van der Waals surface area contributed by atoms with Gasteiger partial charge < -0.3 is 16.4 Å². The predicted octanol–water partition coefficient (Wildman–Crippen LogP) is 5.33. The summed E-state index contributed by atoms with van der Waals surface area (Å²) in [6.07, 6.45) is 20.8. The molecule has 6 nitrogen and oxygen atoms in total. The molecule has 0 aromatic carbocycles. The number of carbonyl (C=O) groups excluding carboxylic acids is 3. The Morgan fingerprint density at radius 3 is 1.73 bits per heavy atom. The Morgan fingerprint density at radius 2 is 1.27 bits per heavy atom. The van der Waals surface area contributed by atoms with E-state index in [-0.39, 0.29) is 17.7 Å². The number of hydrogen-bond acceptors (Lipinski definition) is 4. The number of carbonyl (C=O) groups is 2. The molecule has 2 amide bonds. The molecule has 0 unspecified atom stereocenters.